The van der Waals surface area contributed by atoms with Gasteiger partial charge in [0.15, 0.2) is 0 Å². The Hall–Kier alpha value is -2.06. The van der Waals surface area contributed by atoms with Crippen LogP contribution < -0.4 is 5.32 Å². The fraction of sp³-hybridized carbons (Fsp3) is 0.0714. The second kappa shape index (κ2) is 6.37. The topological polar surface area (TPSA) is 54.9 Å². The number of thiophene rings is 1. The summed E-state index contributed by atoms with van der Waals surface area (Å²) in [5.41, 5.74) is 0.919. The molecular formula is C14H9F2N3OS2. The van der Waals surface area contributed by atoms with E-state index in [9.17, 15) is 13.6 Å². The Labute approximate surface area is 132 Å². The normalized spacial score (nSPS) is 10.8. The van der Waals surface area contributed by atoms with E-state index in [2.05, 4.69) is 15.3 Å². The Kier molecular flexibility index (Phi) is 4.30. The van der Waals surface area contributed by atoms with Gasteiger partial charge in [0.25, 0.3) is 0 Å². The van der Waals surface area contributed by atoms with E-state index in [0.29, 0.717) is 5.03 Å². The number of aromatic nitrogens is 2. The number of nitrogens with zero attached hydrogens (tertiary/aromatic N) is 2. The lowest BCUT2D eigenvalue weighted by Gasteiger charge is -2.05. The molecular weight excluding hydrogens is 328 g/mol. The summed E-state index contributed by atoms with van der Waals surface area (Å²) >= 11 is 2.75. The van der Waals surface area contributed by atoms with Crippen LogP contribution in [0, 0.1) is 11.6 Å². The van der Waals surface area contributed by atoms with Crippen molar-refractivity contribution >= 4 is 44.9 Å². The monoisotopic (exact) mass is 337 g/mol. The third kappa shape index (κ3) is 3.40. The number of anilines is 1. The number of rotatable bonds is 4. The van der Waals surface area contributed by atoms with Crippen LogP contribution in [0.4, 0.5) is 14.5 Å². The molecule has 8 heteroatoms. The third-order valence-corrected chi connectivity index (χ3v) is 4.73. The SMILES string of the molecule is O=C(CSc1ncnc2ccsc12)Nc1cc(F)cc(F)c1. The number of halogens is 2. The first-order valence-electron chi connectivity index (χ1n) is 6.19. The summed E-state index contributed by atoms with van der Waals surface area (Å²) in [5.74, 6) is -1.75. The van der Waals surface area contributed by atoms with Gasteiger partial charge in [-0.1, -0.05) is 11.8 Å². The summed E-state index contributed by atoms with van der Waals surface area (Å²) in [6.45, 7) is 0. The molecule has 1 aromatic carbocycles. The van der Waals surface area contributed by atoms with E-state index in [-0.39, 0.29) is 17.3 Å². The van der Waals surface area contributed by atoms with E-state index < -0.39 is 11.6 Å². The fourth-order valence-electron chi connectivity index (χ4n) is 1.83. The van der Waals surface area contributed by atoms with Crippen molar-refractivity contribution in [1.29, 1.82) is 0 Å². The van der Waals surface area contributed by atoms with Crippen molar-refractivity contribution in [3.8, 4) is 0 Å². The van der Waals surface area contributed by atoms with E-state index in [4.69, 9.17) is 0 Å². The summed E-state index contributed by atoms with van der Waals surface area (Å²) < 4.78 is 27.0. The van der Waals surface area contributed by atoms with E-state index in [1.165, 1.54) is 29.4 Å². The molecule has 0 spiro atoms. The second-order valence-corrected chi connectivity index (χ2v) is 6.19. The van der Waals surface area contributed by atoms with Crippen LogP contribution in [0.3, 0.4) is 0 Å². The van der Waals surface area contributed by atoms with Crippen molar-refractivity contribution in [3.05, 3.63) is 47.6 Å². The van der Waals surface area contributed by atoms with Crippen molar-refractivity contribution in [2.45, 2.75) is 5.03 Å². The minimum absolute atomic E-state index is 0.0855. The Morgan fingerprint density at radius 3 is 2.77 bits per heavy atom. The first-order chi connectivity index (χ1) is 10.6. The highest BCUT2D eigenvalue weighted by molar-refractivity contribution is 8.00. The van der Waals surface area contributed by atoms with Crippen molar-refractivity contribution in [1.82, 2.24) is 9.97 Å². The third-order valence-electron chi connectivity index (χ3n) is 2.70. The van der Waals surface area contributed by atoms with E-state index in [0.717, 1.165) is 28.4 Å². The molecule has 0 unspecified atom stereocenters. The van der Waals surface area contributed by atoms with Gasteiger partial charge in [-0.25, -0.2) is 18.7 Å². The number of thioether (sulfide) groups is 1. The maximum absolute atomic E-state index is 13.1. The predicted molar refractivity (Wildman–Crippen MR) is 83.1 cm³/mol. The van der Waals surface area contributed by atoms with Crippen LogP contribution in [0.15, 0.2) is 41.0 Å². The Balaban J connectivity index is 1.66. The summed E-state index contributed by atoms with van der Waals surface area (Å²) in [6, 6.07) is 4.75. The Morgan fingerprint density at radius 2 is 2.00 bits per heavy atom. The molecule has 0 aliphatic rings. The van der Waals surface area contributed by atoms with Gasteiger partial charge in [-0.2, -0.15) is 0 Å². The number of hydrogen-bond donors (Lipinski definition) is 1. The van der Waals surface area contributed by atoms with Crippen LogP contribution in [0.2, 0.25) is 0 Å². The van der Waals surface area contributed by atoms with Crippen LogP contribution in [0.25, 0.3) is 10.2 Å². The summed E-state index contributed by atoms with van der Waals surface area (Å²) in [4.78, 5) is 20.1. The van der Waals surface area contributed by atoms with Crippen molar-refractivity contribution in [2.75, 3.05) is 11.1 Å². The summed E-state index contributed by atoms with van der Waals surface area (Å²) in [7, 11) is 0. The molecule has 0 aliphatic carbocycles. The van der Waals surface area contributed by atoms with Gasteiger partial charge in [-0.3, -0.25) is 4.79 Å². The second-order valence-electron chi connectivity index (χ2n) is 4.31. The van der Waals surface area contributed by atoms with Crippen molar-refractivity contribution in [2.24, 2.45) is 0 Å². The molecule has 1 N–H and O–H groups in total. The molecule has 0 aliphatic heterocycles. The van der Waals surface area contributed by atoms with Gasteiger partial charge in [-0.05, 0) is 23.6 Å². The first-order valence-corrected chi connectivity index (χ1v) is 8.05. The van der Waals surface area contributed by atoms with E-state index >= 15 is 0 Å². The molecule has 112 valence electrons. The molecule has 3 rings (SSSR count). The zero-order valence-corrected chi connectivity index (χ0v) is 12.7. The lowest BCUT2D eigenvalue weighted by Crippen LogP contribution is -2.14. The highest BCUT2D eigenvalue weighted by Crippen LogP contribution is 2.28. The van der Waals surface area contributed by atoms with Gasteiger partial charge >= 0.3 is 0 Å². The Bertz CT molecular complexity index is 818. The minimum Gasteiger partial charge on any atom is -0.325 e. The number of benzene rings is 1. The minimum atomic E-state index is -0.737. The van der Waals surface area contributed by atoms with Crippen LogP contribution in [0.5, 0.6) is 0 Å². The van der Waals surface area contributed by atoms with Gasteiger partial charge in [0.1, 0.15) is 23.0 Å². The Morgan fingerprint density at radius 1 is 1.23 bits per heavy atom. The average molecular weight is 337 g/mol. The molecule has 2 heterocycles. The summed E-state index contributed by atoms with van der Waals surface area (Å²) in [5, 5.41) is 5.07. The summed E-state index contributed by atoms with van der Waals surface area (Å²) in [6.07, 6.45) is 1.44. The van der Waals surface area contributed by atoms with Crippen LogP contribution >= 0.6 is 23.1 Å². The zero-order valence-electron chi connectivity index (χ0n) is 11.0. The molecule has 0 saturated heterocycles. The number of carbonyl (C=O) groups is 1. The predicted octanol–water partition coefficient (Wildman–Crippen LogP) is 3.70. The molecule has 0 radical (unpaired) electrons. The fourth-order valence-corrected chi connectivity index (χ4v) is 3.57. The maximum atomic E-state index is 13.1. The standard InChI is InChI=1S/C14H9F2N3OS2/c15-8-3-9(16)5-10(4-8)19-12(20)6-22-14-13-11(1-2-21-13)17-7-18-14/h1-5,7H,6H2,(H,19,20). The van der Waals surface area contributed by atoms with Crippen LogP contribution in [-0.2, 0) is 4.79 Å². The molecule has 0 bridgehead atoms. The molecule has 22 heavy (non-hydrogen) atoms. The van der Waals surface area contributed by atoms with Crippen molar-refractivity contribution < 1.29 is 13.6 Å². The van der Waals surface area contributed by atoms with Gasteiger partial charge in [0.05, 0.1) is 16.0 Å². The lowest BCUT2D eigenvalue weighted by molar-refractivity contribution is -0.113. The molecule has 0 saturated carbocycles. The smallest absolute Gasteiger partial charge is 0.234 e. The van der Waals surface area contributed by atoms with Crippen LogP contribution in [0.1, 0.15) is 0 Å². The maximum Gasteiger partial charge on any atom is 0.234 e. The van der Waals surface area contributed by atoms with E-state index in [1.807, 2.05) is 11.4 Å². The lowest BCUT2D eigenvalue weighted by atomic mass is 10.3. The molecule has 0 atom stereocenters. The quantitative estimate of drug-likeness (QED) is 0.583. The highest BCUT2D eigenvalue weighted by Gasteiger charge is 2.10. The van der Waals surface area contributed by atoms with Crippen molar-refractivity contribution in [3.63, 3.8) is 0 Å². The number of amides is 1. The number of carbonyl (C=O) groups excluding carboxylic acids is 1. The first kappa shape index (κ1) is 14.9. The molecule has 2 aromatic heterocycles. The number of hydrogen-bond acceptors (Lipinski definition) is 5. The van der Waals surface area contributed by atoms with Gasteiger partial charge in [0.2, 0.25) is 5.91 Å². The molecule has 0 fully saturated rings. The molecule has 1 amide bonds. The number of fused-ring (bicyclic) bond motifs is 1. The number of nitrogens with one attached hydrogen (secondary N) is 1. The van der Waals surface area contributed by atoms with Gasteiger partial charge in [0, 0.05) is 11.8 Å². The van der Waals surface area contributed by atoms with Gasteiger partial charge in [-0.15, -0.1) is 11.3 Å². The van der Waals surface area contributed by atoms with Gasteiger partial charge < -0.3 is 5.32 Å². The highest BCUT2D eigenvalue weighted by atomic mass is 32.2. The molecule has 4 nitrogen and oxygen atoms in total. The molecule has 3 aromatic rings. The van der Waals surface area contributed by atoms with Crippen LogP contribution in [-0.4, -0.2) is 21.6 Å². The average Bonchev–Trinajstić information content (AvgIpc) is 2.92. The zero-order chi connectivity index (χ0) is 15.5. The largest absolute Gasteiger partial charge is 0.325 e. The van der Waals surface area contributed by atoms with E-state index in [1.54, 1.807) is 0 Å².